The highest BCUT2D eigenvalue weighted by molar-refractivity contribution is 5.51. The fraction of sp³-hybridized carbons (Fsp3) is 0.429. The average Bonchev–Trinajstić information content (AvgIpc) is 2.56. The molecule has 0 amide bonds. The van der Waals surface area contributed by atoms with Crippen LogP contribution in [-0.4, -0.2) is 20.8 Å². The average molecular weight is 321 g/mol. The van der Waals surface area contributed by atoms with Gasteiger partial charge in [0.1, 0.15) is 5.76 Å². The molecule has 0 radical (unpaired) electrons. The van der Waals surface area contributed by atoms with E-state index in [1.54, 1.807) is 14.2 Å². The van der Waals surface area contributed by atoms with E-state index in [1.165, 1.54) is 0 Å². The Hall–Kier alpha value is -1.80. The van der Waals surface area contributed by atoms with E-state index in [0.29, 0.717) is 12.4 Å². The first-order valence-corrected chi connectivity index (χ1v) is 7.98. The Morgan fingerprint density at radius 2 is 1.35 bits per heavy atom. The lowest BCUT2D eigenvalue weighted by Gasteiger charge is -2.11. The second-order valence-electron chi connectivity index (χ2n) is 4.38. The van der Waals surface area contributed by atoms with Gasteiger partial charge in [0, 0.05) is 7.11 Å². The van der Waals surface area contributed by atoms with Gasteiger partial charge in [-0.1, -0.05) is 59.6 Å². The van der Waals surface area contributed by atoms with Crippen molar-refractivity contribution < 1.29 is 9.47 Å². The lowest BCUT2D eigenvalue weighted by Crippen LogP contribution is -1.97. The van der Waals surface area contributed by atoms with Crippen molar-refractivity contribution in [2.24, 2.45) is 0 Å². The number of ether oxygens (including phenoxy) is 2. The van der Waals surface area contributed by atoms with Crippen LogP contribution in [0.25, 0.3) is 0 Å². The van der Waals surface area contributed by atoms with E-state index in [-0.39, 0.29) is 0 Å². The standard InChI is InChI=1S/C17H24O2.2C2H6/c1-12(2)17(11-18-7)10-14(4)16(6)13(3)9-15(5)19-8;2*1-2/h9-10H,1,4-6,11H2,2-3,7-8H3;2*1-2H3/b13-9-,17-10-;;. The highest BCUT2D eigenvalue weighted by atomic mass is 16.5. The summed E-state index contributed by atoms with van der Waals surface area (Å²) in [5.74, 6) is 0.590. The quantitative estimate of drug-likeness (QED) is 0.380. The molecule has 0 aromatic heterocycles. The Bertz CT molecular complexity index is 448. The van der Waals surface area contributed by atoms with E-state index in [4.69, 9.17) is 9.47 Å². The third-order valence-corrected chi connectivity index (χ3v) is 2.70. The maximum Gasteiger partial charge on any atom is 0.111 e. The molecule has 0 fully saturated rings. The van der Waals surface area contributed by atoms with Crippen LogP contribution in [0.3, 0.4) is 0 Å². The summed E-state index contributed by atoms with van der Waals surface area (Å²) in [4.78, 5) is 0. The van der Waals surface area contributed by atoms with Gasteiger partial charge in [-0.15, -0.1) is 0 Å². The largest absolute Gasteiger partial charge is 0.497 e. The first-order valence-electron chi connectivity index (χ1n) is 7.98. The van der Waals surface area contributed by atoms with Crippen molar-refractivity contribution in [3.63, 3.8) is 0 Å². The van der Waals surface area contributed by atoms with Crippen LogP contribution in [0, 0.1) is 0 Å². The van der Waals surface area contributed by atoms with Gasteiger partial charge in [-0.2, -0.15) is 0 Å². The molecule has 2 nitrogen and oxygen atoms in total. The molecule has 0 aromatic rings. The summed E-state index contributed by atoms with van der Waals surface area (Å²) in [5, 5.41) is 0. The molecule has 0 atom stereocenters. The number of hydrogen-bond acceptors (Lipinski definition) is 2. The lowest BCUT2D eigenvalue weighted by atomic mass is 9.98. The Morgan fingerprint density at radius 1 is 0.870 bits per heavy atom. The van der Waals surface area contributed by atoms with Crippen molar-refractivity contribution in [1.29, 1.82) is 0 Å². The normalized spacial score (nSPS) is 10.4. The van der Waals surface area contributed by atoms with Crippen molar-refractivity contribution in [2.45, 2.75) is 41.5 Å². The van der Waals surface area contributed by atoms with Crippen LogP contribution in [0.2, 0.25) is 0 Å². The van der Waals surface area contributed by atoms with Gasteiger partial charge in [0.25, 0.3) is 0 Å². The van der Waals surface area contributed by atoms with Crippen molar-refractivity contribution in [1.82, 2.24) is 0 Å². The van der Waals surface area contributed by atoms with Gasteiger partial charge in [-0.3, -0.25) is 0 Å². The molecule has 0 saturated heterocycles. The van der Waals surface area contributed by atoms with Crippen LogP contribution in [0.1, 0.15) is 41.5 Å². The zero-order valence-corrected chi connectivity index (χ0v) is 16.5. The summed E-state index contributed by atoms with van der Waals surface area (Å²) in [6.45, 7) is 28.1. The summed E-state index contributed by atoms with van der Waals surface area (Å²) in [6, 6.07) is 0. The third-order valence-electron chi connectivity index (χ3n) is 2.70. The Balaban J connectivity index is -0.000000919. The lowest BCUT2D eigenvalue weighted by molar-refractivity contribution is 0.227. The molecule has 0 spiro atoms. The molecule has 0 unspecified atom stereocenters. The minimum atomic E-state index is 0.509. The molecule has 132 valence electrons. The molecule has 23 heavy (non-hydrogen) atoms. The van der Waals surface area contributed by atoms with Crippen molar-refractivity contribution in [3.05, 3.63) is 72.1 Å². The van der Waals surface area contributed by atoms with Gasteiger partial charge in [-0.25, -0.2) is 0 Å². The van der Waals surface area contributed by atoms with Crippen molar-refractivity contribution in [2.75, 3.05) is 20.8 Å². The molecule has 0 saturated carbocycles. The molecule has 0 rings (SSSR count). The van der Waals surface area contributed by atoms with Crippen LogP contribution < -0.4 is 0 Å². The van der Waals surface area contributed by atoms with Gasteiger partial charge in [-0.05, 0) is 48.3 Å². The summed E-state index contributed by atoms with van der Waals surface area (Å²) in [7, 11) is 3.24. The minimum Gasteiger partial charge on any atom is -0.497 e. The maximum atomic E-state index is 5.14. The fourth-order valence-electron chi connectivity index (χ4n) is 1.38. The molecule has 0 aliphatic rings. The van der Waals surface area contributed by atoms with E-state index >= 15 is 0 Å². The summed E-state index contributed by atoms with van der Waals surface area (Å²) >= 11 is 0. The highest BCUT2D eigenvalue weighted by Gasteiger charge is 2.04. The summed E-state index contributed by atoms with van der Waals surface area (Å²) in [5.41, 5.74) is 4.60. The van der Waals surface area contributed by atoms with E-state index in [9.17, 15) is 0 Å². The minimum absolute atomic E-state index is 0.509. The number of allylic oxidation sites excluding steroid dienone is 5. The molecule has 0 bridgehead atoms. The van der Waals surface area contributed by atoms with Crippen LogP contribution in [0.5, 0.6) is 0 Å². The SMILES string of the molecule is C=C(/C=C(/C)C(=C)C(=C)/C=C(/COC)C(=C)C)OC.CC.CC. The van der Waals surface area contributed by atoms with Crippen molar-refractivity contribution >= 4 is 0 Å². The third kappa shape index (κ3) is 12.4. The molecule has 0 aromatic carbocycles. The van der Waals surface area contributed by atoms with Crippen LogP contribution >= 0.6 is 0 Å². The Labute approximate surface area is 144 Å². The molecule has 0 aliphatic carbocycles. The first-order chi connectivity index (χ1) is 10.8. The predicted molar refractivity (Wildman–Crippen MR) is 106 cm³/mol. The Morgan fingerprint density at radius 3 is 1.70 bits per heavy atom. The monoisotopic (exact) mass is 320 g/mol. The predicted octanol–water partition coefficient (Wildman–Crippen LogP) is 6.41. The second kappa shape index (κ2) is 16.6. The smallest absolute Gasteiger partial charge is 0.111 e. The first kappa shape index (κ1) is 26.1. The maximum absolute atomic E-state index is 5.14. The van der Waals surface area contributed by atoms with E-state index in [0.717, 1.165) is 27.9 Å². The van der Waals surface area contributed by atoms with E-state index in [2.05, 4.69) is 26.3 Å². The van der Waals surface area contributed by atoms with Gasteiger partial charge in [0.2, 0.25) is 0 Å². The van der Waals surface area contributed by atoms with E-state index < -0.39 is 0 Å². The van der Waals surface area contributed by atoms with E-state index in [1.807, 2.05) is 53.7 Å². The van der Waals surface area contributed by atoms with Crippen LogP contribution in [0.4, 0.5) is 0 Å². The fourth-order valence-corrected chi connectivity index (χ4v) is 1.38. The molecule has 0 heterocycles. The van der Waals surface area contributed by atoms with Gasteiger partial charge in [0.05, 0.1) is 13.7 Å². The van der Waals surface area contributed by atoms with Crippen molar-refractivity contribution in [3.8, 4) is 0 Å². The number of rotatable bonds is 8. The highest BCUT2D eigenvalue weighted by Crippen LogP contribution is 2.21. The molecule has 2 heteroatoms. The van der Waals surface area contributed by atoms with Gasteiger partial charge >= 0.3 is 0 Å². The Kier molecular flexibility index (Phi) is 18.8. The molecular weight excluding hydrogens is 284 g/mol. The number of hydrogen-bond donors (Lipinski definition) is 0. The number of methoxy groups -OCH3 is 2. The topological polar surface area (TPSA) is 18.5 Å². The van der Waals surface area contributed by atoms with Gasteiger partial charge < -0.3 is 9.47 Å². The molecule has 0 N–H and O–H groups in total. The molecule has 0 aliphatic heterocycles. The zero-order chi connectivity index (χ0) is 19.0. The zero-order valence-electron chi connectivity index (χ0n) is 16.5. The van der Waals surface area contributed by atoms with Crippen LogP contribution in [-0.2, 0) is 9.47 Å². The van der Waals surface area contributed by atoms with Gasteiger partial charge in [0.15, 0.2) is 0 Å². The molecular formula is C21H36O2. The summed E-state index contributed by atoms with van der Waals surface area (Å²) in [6.07, 6.45) is 3.78. The van der Waals surface area contributed by atoms with Crippen LogP contribution in [0.15, 0.2) is 72.1 Å². The second-order valence-corrected chi connectivity index (χ2v) is 4.38. The summed E-state index contributed by atoms with van der Waals surface area (Å²) < 4.78 is 10.2.